The van der Waals surface area contributed by atoms with Gasteiger partial charge in [0.25, 0.3) is 0 Å². The van der Waals surface area contributed by atoms with Crippen LogP contribution in [0.1, 0.15) is 25.3 Å². The first kappa shape index (κ1) is 10.5. The van der Waals surface area contributed by atoms with Crippen LogP contribution >= 0.6 is 0 Å². The van der Waals surface area contributed by atoms with Crippen LogP contribution in [0.15, 0.2) is 24.3 Å². The molecule has 1 aromatic rings. The molecule has 0 bridgehead atoms. The molecule has 82 valence electrons. The van der Waals surface area contributed by atoms with Crippen LogP contribution < -0.4 is 10.1 Å². The van der Waals surface area contributed by atoms with Crippen molar-refractivity contribution >= 4 is 0 Å². The summed E-state index contributed by atoms with van der Waals surface area (Å²) in [5.74, 6) is 0.932. The van der Waals surface area contributed by atoms with E-state index in [2.05, 4.69) is 24.4 Å². The highest BCUT2D eigenvalue weighted by Gasteiger charge is 2.22. The topological polar surface area (TPSA) is 21.3 Å². The Bertz CT molecular complexity index is 303. The zero-order valence-electron chi connectivity index (χ0n) is 9.49. The molecule has 1 aliphatic rings. The molecule has 1 aromatic carbocycles. The van der Waals surface area contributed by atoms with Crippen LogP contribution in [-0.2, 0) is 6.42 Å². The third kappa shape index (κ3) is 3.24. The molecule has 0 aromatic heterocycles. The lowest BCUT2D eigenvalue weighted by Crippen LogP contribution is -2.29. The van der Waals surface area contributed by atoms with E-state index in [1.165, 1.54) is 18.4 Å². The van der Waals surface area contributed by atoms with Crippen LogP contribution in [-0.4, -0.2) is 19.2 Å². The number of nitrogens with one attached hydrogen (secondary N) is 1. The van der Waals surface area contributed by atoms with Gasteiger partial charge in [-0.2, -0.15) is 0 Å². The Morgan fingerprint density at radius 2 is 2.00 bits per heavy atom. The van der Waals surface area contributed by atoms with E-state index in [9.17, 15) is 0 Å². The molecule has 0 unspecified atom stereocenters. The monoisotopic (exact) mass is 205 g/mol. The maximum Gasteiger partial charge on any atom is 0.118 e. The molecule has 1 N–H and O–H groups in total. The van der Waals surface area contributed by atoms with E-state index in [1.807, 2.05) is 12.1 Å². The molecule has 1 fully saturated rings. The van der Waals surface area contributed by atoms with E-state index in [4.69, 9.17) is 4.74 Å². The SMILES string of the molecule is COc1ccc(C[C@@H](C)NC2CC2)cc1. The molecule has 2 rings (SSSR count). The maximum absolute atomic E-state index is 5.13. The number of ether oxygens (including phenoxy) is 1. The first-order valence-corrected chi connectivity index (χ1v) is 5.67. The number of hydrogen-bond acceptors (Lipinski definition) is 2. The fraction of sp³-hybridized carbons (Fsp3) is 0.538. The lowest BCUT2D eigenvalue weighted by molar-refractivity contribution is 0.414. The summed E-state index contributed by atoms with van der Waals surface area (Å²) in [4.78, 5) is 0. The molecule has 1 atom stereocenters. The molecule has 15 heavy (non-hydrogen) atoms. The van der Waals surface area contributed by atoms with Crippen LogP contribution in [0.25, 0.3) is 0 Å². The van der Waals surface area contributed by atoms with Crippen molar-refractivity contribution < 1.29 is 4.74 Å². The second kappa shape index (κ2) is 4.67. The Morgan fingerprint density at radius 1 is 1.33 bits per heavy atom. The molecule has 1 saturated carbocycles. The van der Waals surface area contributed by atoms with Gasteiger partial charge < -0.3 is 10.1 Å². The second-order valence-corrected chi connectivity index (χ2v) is 4.39. The lowest BCUT2D eigenvalue weighted by atomic mass is 10.1. The normalized spacial score (nSPS) is 17.5. The predicted molar refractivity (Wildman–Crippen MR) is 62.3 cm³/mol. The minimum atomic E-state index is 0.575. The van der Waals surface area contributed by atoms with Gasteiger partial charge >= 0.3 is 0 Å². The summed E-state index contributed by atoms with van der Waals surface area (Å²) < 4.78 is 5.13. The molecular weight excluding hydrogens is 186 g/mol. The van der Waals surface area contributed by atoms with Gasteiger partial charge in [0.15, 0.2) is 0 Å². The van der Waals surface area contributed by atoms with Crippen molar-refractivity contribution in [2.75, 3.05) is 7.11 Å². The summed E-state index contributed by atoms with van der Waals surface area (Å²) in [7, 11) is 1.70. The highest BCUT2D eigenvalue weighted by atomic mass is 16.5. The number of methoxy groups -OCH3 is 1. The fourth-order valence-electron chi connectivity index (χ4n) is 1.83. The molecule has 0 saturated heterocycles. The molecular formula is C13H19NO. The Balaban J connectivity index is 1.85. The second-order valence-electron chi connectivity index (χ2n) is 4.39. The average molecular weight is 205 g/mol. The summed E-state index contributed by atoms with van der Waals surface area (Å²) in [6.07, 6.45) is 3.81. The van der Waals surface area contributed by atoms with Gasteiger partial charge in [0, 0.05) is 12.1 Å². The summed E-state index contributed by atoms with van der Waals surface area (Å²) in [6, 6.07) is 9.70. The van der Waals surface area contributed by atoms with Gasteiger partial charge in [-0.3, -0.25) is 0 Å². The Labute approximate surface area is 91.6 Å². The number of rotatable bonds is 5. The van der Waals surface area contributed by atoms with Crippen molar-refractivity contribution in [3.8, 4) is 5.75 Å². The van der Waals surface area contributed by atoms with Crippen molar-refractivity contribution in [2.24, 2.45) is 0 Å². The highest BCUT2D eigenvalue weighted by molar-refractivity contribution is 5.27. The summed E-state index contributed by atoms with van der Waals surface area (Å²) >= 11 is 0. The van der Waals surface area contributed by atoms with E-state index < -0.39 is 0 Å². The van der Waals surface area contributed by atoms with Crippen molar-refractivity contribution in [1.29, 1.82) is 0 Å². The van der Waals surface area contributed by atoms with Gasteiger partial charge in [-0.1, -0.05) is 12.1 Å². The van der Waals surface area contributed by atoms with Crippen LogP contribution in [0.3, 0.4) is 0 Å². The molecule has 0 spiro atoms. The fourth-order valence-corrected chi connectivity index (χ4v) is 1.83. The summed E-state index contributed by atoms with van der Waals surface area (Å²) in [5.41, 5.74) is 1.37. The van der Waals surface area contributed by atoms with E-state index in [0.29, 0.717) is 6.04 Å². The smallest absolute Gasteiger partial charge is 0.118 e. The average Bonchev–Trinajstić information content (AvgIpc) is 3.03. The van der Waals surface area contributed by atoms with E-state index in [-0.39, 0.29) is 0 Å². The van der Waals surface area contributed by atoms with Crippen LogP contribution in [0.4, 0.5) is 0 Å². The molecule has 2 heteroatoms. The Kier molecular flexibility index (Phi) is 3.27. The molecule has 0 radical (unpaired) electrons. The van der Waals surface area contributed by atoms with Crippen molar-refractivity contribution in [2.45, 2.75) is 38.3 Å². The molecule has 0 heterocycles. The van der Waals surface area contributed by atoms with E-state index >= 15 is 0 Å². The van der Waals surface area contributed by atoms with Crippen molar-refractivity contribution in [3.05, 3.63) is 29.8 Å². The van der Waals surface area contributed by atoms with E-state index in [1.54, 1.807) is 7.11 Å². The largest absolute Gasteiger partial charge is 0.497 e. The molecule has 1 aliphatic carbocycles. The third-order valence-electron chi connectivity index (χ3n) is 2.80. The minimum absolute atomic E-state index is 0.575. The van der Waals surface area contributed by atoms with Gasteiger partial charge in [0.05, 0.1) is 7.11 Å². The first-order valence-electron chi connectivity index (χ1n) is 5.67. The van der Waals surface area contributed by atoms with Crippen molar-refractivity contribution in [3.63, 3.8) is 0 Å². The van der Waals surface area contributed by atoms with Crippen molar-refractivity contribution in [1.82, 2.24) is 5.32 Å². The molecule has 0 amide bonds. The highest BCUT2D eigenvalue weighted by Crippen LogP contribution is 2.20. The predicted octanol–water partition coefficient (Wildman–Crippen LogP) is 2.38. The third-order valence-corrected chi connectivity index (χ3v) is 2.80. The van der Waals surface area contributed by atoms with Crippen LogP contribution in [0, 0.1) is 0 Å². The van der Waals surface area contributed by atoms with Gasteiger partial charge in [0.1, 0.15) is 5.75 Å². The number of benzene rings is 1. The quantitative estimate of drug-likeness (QED) is 0.797. The summed E-state index contributed by atoms with van der Waals surface area (Å²) in [6.45, 7) is 2.25. The Hall–Kier alpha value is -1.02. The van der Waals surface area contributed by atoms with Crippen LogP contribution in [0.5, 0.6) is 5.75 Å². The molecule has 0 aliphatic heterocycles. The zero-order chi connectivity index (χ0) is 10.7. The van der Waals surface area contributed by atoms with Gasteiger partial charge in [-0.25, -0.2) is 0 Å². The number of hydrogen-bond donors (Lipinski definition) is 1. The lowest BCUT2D eigenvalue weighted by Gasteiger charge is -2.13. The minimum Gasteiger partial charge on any atom is -0.497 e. The standard InChI is InChI=1S/C13H19NO/c1-10(14-12-5-6-12)9-11-3-7-13(15-2)8-4-11/h3-4,7-8,10,12,14H,5-6,9H2,1-2H3/t10-/m1/s1. The van der Waals surface area contributed by atoms with Gasteiger partial charge in [0.2, 0.25) is 0 Å². The maximum atomic E-state index is 5.13. The van der Waals surface area contributed by atoms with Gasteiger partial charge in [-0.15, -0.1) is 0 Å². The Morgan fingerprint density at radius 3 is 2.53 bits per heavy atom. The van der Waals surface area contributed by atoms with E-state index in [0.717, 1.165) is 18.2 Å². The van der Waals surface area contributed by atoms with Crippen LogP contribution in [0.2, 0.25) is 0 Å². The molecule has 2 nitrogen and oxygen atoms in total. The van der Waals surface area contributed by atoms with Gasteiger partial charge in [-0.05, 0) is 43.9 Å². The first-order chi connectivity index (χ1) is 7.28. The summed E-state index contributed by atoms with van der Waals surface area (Å²) in [5, 5.41) is 3.60. The zero-order valence-corrected chi connectivity index (χ0v) is 9.49.